The zero-order valence-corrected chi connectivity index (χ0v) is 12.4. The average Bonchev–Trinajstić information content (AvgIpc) is 3.04. The molecule has 0 amide bonds. The van der Waals surface area contributed by atoms with Crippen LogP contribution < -0.4 is 0 Å². The number of hydrogen-bond donors (Lipinski definition) is 1. The Morgan fingerprint density at radius 1 is 1.14 bits per heavy atom. The highest BCUT2D eigenvalue weighted by Gasteiger charge is 2.23. The van der Waals surface area contributed by atoms with Gasteiger partial charge in [0.2, 0.25) is 0 Å². The summed E-state index contributed by atoms with van der Waals surface area (Å²) in [5.74, 6) is -1.18. The third kappa shape index (κ3) is 3.46. The standard InChI is InChI=1S/C18H20O4/c19-18(20)15(8-9-17-21-10-11-22-17)12-14-6-3-5-13-4-1-2-7-16(13)14/h1-7,15,17H,8-12H2,(H,19,20). The number of rotatable bonds is 6. The topological polar surface area (TPSA) is 55.8 Å². The van der Waals surface area contributed by atoms with E-state index in [1.165, 1.54) is 0 Å². The number of fused-ring (bicyclic) bond motifs is 1. The molecule has 0 radical (unpaired) electrons. The van der Waals surface area contributed by atoms with Gasteiger partial charge in [0.05, 0.1) is 19.1 Å². The summed E-state index contributed by atoms with van der Waals surface area (Å²) >= 11 is 0. The normalized spacial score (nSPS) is 16.9. The second kappa shape index (κ2) is 6.90. The molecular formula is C18H20O4. The smallest absolute Gasteiger partial charge is 0.306 e. The lowest BCUT2D eigenvalue weighted by molar-refractivity contribution is -0.142. The van der Waals surface area contributed by atoms with E-state index in [2.05, 4.69) is 12.1 Å². The lowest BCUT2D eigenvalue weighted by atomic mass is 9.92. The van der Waals surface area contributed by atoms with Gasteiger partial charge in [0.1, 0.15) is 0 Å². The molecule has 1 fully saturated rings. The summed E-state index contributed by atoms with van der Waals surface area (Å²) in [6.45, 7) is 1.21. The van der Waals surface area contributed by atoms with Gasteiger partial charge in [0.25, 0.3) is 0 Å². The van der Waals surface area contributed by atoms with Gasteiger partial charge in [-0.25, -0.2) is 0 Å². The molecule has 0 spiro atoms. The highest BCUT2D eigenvalue weighted by molar-refractivity contribution is 5.86. The fourth-order valence-corrected chi connectivity index (χ4v) is 2.96. The Balaban J connectivity index is 1.73. The third-order valence-electron chi connectivity index (χ3n) is 4.14. The molecule has 0 aromatic heterocycles. The summed E-state index contributed by atoms with van der Waals surface area (Å²) in [7, 11) is 0. The first-order chi connectivity index (χ1) is 10.7. The predicted octanol–water partition coefficient (Wildman–Crippen LogP) is 3.24. The van der Waals surface area contributed by atoms with E-state index in [0.717, 1.165) is 16.3 Å². The van der Waals surface area contributed by atoms with Crippen LogP contribution in [0.3, 0.4) is 0 Å². The molecule has 116 valence electrons. The van der Waals surface area contributed by atoms with Crippen LogP contribution in [0.15, 0.2) is 42.5 Å². The van der Waals surface area contributed by atoms with Crippen molar-refractivity contribution in [3.05, 3.63) is 48.0 Å². The van der Waals surface area contributed by atoms with Gasteiger partial charge in [-0.05, 0) is 35.6 Å². The van der Waals surface area contributed by atoms with Gasteiger partial charge in [-0.15, -0.1) is 0 Å². The van der Waals surface area contributed by atoms with Crippen LogP contribution in [0.4, 0.5) is 0 Å². The van der Waals surface area contributed by atoms with Gasteiger partial charge >= 0.3 is 5.97 Å². The van der Waals surface area contributed by atoms with Crippen molar-refractivity contribution in [2.75, 3.05) is 13.2 Å². The molecule has 1 aliphatic rings. The third-order valence-corrected chi connectivity index (χ3v) is 4.14. The maximum atomic E-state index is 11.6. The van der Waals surface area contributed by atoms with Crippen molar-refractivity contribution in [2.45, 2.75) is 25.6 Å². The van der Waals surface area contributed by atoms with Crippen molar-refractivity contribution in [1.29, 1.82) is 0 Å². The first kappa shape index (κ1) is 15.0. The second-order valence-electron chi connectivity index (χ2n) is 5.63. The number of aliphatic carboxylic acids is 1. The van der Waals surface area contributed by atoms with Gasteiger partial charge in [0.15, 0.2) is 6.29 Å². The van der Waals surface area contributed by atoms with E-state index in [1.54, 1.807) is 0 Å². The van der Waals surface area contributed by atoms with E-state index < -0.39 is 11.9 Å². The molecule has 0 saturated carbocycles. The van der Waals surface area contributed by atoms with E-state index in [0.29, 0.717) is 32.5 Å². The number of hydrogen-bond acceptors (Lipinski definition) is 3. The molecule has 1 unspecified atom stereocenters. The molecule has 0 aliphatic carbocycles. The van der Waals surface area contributed by atoms with E-state index in [-0.39, 0.29) is 6.29 Å². The molecule has 1 heterocycles. The molecule has 4 nitrogen and oxygen atoms in total. The SMILES string of the molecule is O=C(O)C(CCC1OCCO1)Cc1cccc2ccccc12. The van der Waals surface area contributed by atoms with Crippen molar-refractivity contribution in [3.63, 3.8) is 0 Å². The first-order valence-corrected chi connectivity index (χ1v) is 7.66. The van der Waals surface area contributed by atoms with Gasteiger partial charge in [-0.1, -0.05) is 42.5 Å². The minimum absolute atomic E-state index is 0.241. The van der Waals surface area contributed by atoms with Crippen LogP contribution in [-0.4, -0.2) is 30.6 Å². The Morgan fingerprint density at radius 3 is 2.64 bits per heavy atom. The minimum atomic E-state index is -0.758. The zero-order chi connectivity index (χ0) is 15.4. The van der Waals surface area contributed by atoms with Crippen LogP contribution in [-0.2, 0) is 20.7 Å². The van der Waals surface area contributed by atoms with Crippen LogP contribution in [0, 0.1) is 5.92 Å². The molecule has 3 rings (SSSR count). The Kier molecular flexibility index (Phi) is 4.71. The average molecular weight is 300 g/mol. The molecule has 4 heteroatoms. The zero-order valence-electron chi connectivity index (χ0n) is 12.4. The molecular weight excluding hydrogens is 280 g/mol. The maximum absolute atomic E-state index is 11.6. The van der Waals surface area contributed by atoms with Crippen molar-refractivity contribution in [1.82, 2.24) is 0 Å². The lowest BCUT2D eigenvalue weighted by Gasteiger charge is -2.16. The van der Waals surface area contributed by atoms with Crippen LogP contribution in [0.25, 0.3) is 10.8 Å². The molecule has 2 aromatic carbocycles. The lowest BCUT2D eigenvalue weighted by Crippen LogP contribution is -2.19. The van der Waals surface area contributed by atoms with Crippen molar-refractivity contribution in [2.24, 2.45) is 5.92 Å². The number of ether oxygens (including phenoxy) is 2. The number of benzene rings is 2. The summed E-state index contributed by atoms with van der Waals surface area (Å²) in [5.41, 5.74) is 1.08. The van der Waals surface area contributed by atoms with Crippen LogP contribution in [0.2, 0.25) is 0 Å². The molecule has 22 heavy (non-hydrogen) atoms. The highest BCUT2D eigenvalue weighted by Crippen LogP contribution is 2.24. The minimum Gasteiger partial charge on any atom is -0.481 e. The monoisotopic (exact) mass is 300 g/mol. The molecule has 0 bridgehead atoms. The Morgan fingerprint density at radius 2 is 1.86 bits per heavy atom. The van der Waals surface area contributed by atoms with Crippen LogP contribution in [0.1, 0.15) is 18.4 Å². The van der Waals surface area contributed by atoms with Crippen LogP contribution >= 0.6 is 0 Å². The Labute approximate surface area is 129 Å². The number of carboxylic acids is 1. The van der Waals surface area contributed by atoms with Crippen LogP contribution in [0.5, 0.6) is 0 Å². The summed E-state index contributed by atoms with van der Waals surface area (Å²) < 4.78 is 10.8. The Hall–Kier alpha value is -1.91. The first-order valence-electron chi connectivity index (χ1n) is 7.66. The number of carboxylic acid groups (broad SMARTS) is 1. The Bertz CT molecular complexity index is 641. The van der Waals surface area contributed by atoms with E-state index in [4.69, 9.17) is 9.47 Å². The number of carbonyl (C=O) groups is 1. The van der Waals surface area contributed by atoms with Crippen molar-refractivity contribution in [3.8, 4) is 0 Å². The fourth-order valence-electron chi connectivity index (χ4n) is 2.96. The largest absolute Gasteiger partial charge is 0.481 e. The summed E-state index contributed by atoms with van der Waals surface area (Å²) in [5, 5.41) is 11.8. The molecule has 1 atom stereocenters. The van der Waals surface area contributed by atoms with Crippen molar-refractivity contribution >= 4 is 16.7 Å². The second-order valence-corrected chi connectivity index (χ2v) is 5.63. The maximum Gasteiger partial charge on any atom is 0.306 e. The molecule has 1 aliphatic heterocycles. The summed E-state index contributed by atoms with van der Waals surface area (Å²) in [6, 6.07) is 14.1. The fraction of sp³-hybridized carbons (Fsp3) is 0.389. The highest BCUT2D eigenvalue weighted by atomic mass is 16.7. The van der Waals surface area contributed by atoms with E-state index in [1.807, 2.05) is 30.3 Å². The predicted molar refractivity (Wildman–Crippen MR) is 83.7 cm³/mol. The molecule has 1 saturated heterocycles. The summed E-state index contributed by atoms with van der Waals surface area (Å²) in [4.78, 5) is 11.6. The van der Waals surface area contributed by atoms with Gasteiger partial charge in [-0.2, -0.15) is 0 Å². The van der Waals surface area contributed by atoms with Crippen molar-refractivity contribution < 1.29 is 19.4 Å². The summed E-state index contributed by atoms with van der Waals surface area (Å²) in [6.07, 6.45) is 1.48. The van der Waals surface area contributed by atoms with Gasteiger partial charge in [-0.3, -0.25) is 4.79 Å². The molecule has 1 N–H and O–H groups in total. The molecule has 2 aromatic rings. The quantitative estimate of drug-likeness (QED) is 0.890. The van der Waals surface area contributed by atoms with Gasteiger partial charge < -0.3 is 14.6 Å². The van der Waals surface area contributed by atoms with Gasteiger partial charge in [0, 0.05) is 0 Å². The van der Waals surface area contributed by atoms with E-state index in [9.17, 15) is 9.90 Å². The van der Waals surface area contributed by atoms with E-state index >= 15 is 0 Å².